The standard InChI is InChI=1S/C16H23N3O4S2/c1-16(2,3)18-25(22,23)13-7-5-4-6-12(13)8-17-14(20)9-19-11-24-10-15(19)21/h4-7,18H,8-11H2,1-3H3,(H,17,20). The number of amides is 2. The molecule has 0 bridgehead atoms. The molecule has 1 aliphatic rings. The van der Waals surface area contributed by atoms with Crippen molar-refractivity contribution in [3.8, 4) is 0 Å². The molecule has 0 aromatic heterocycles. The van der Waals surface area contributed by atoms with Gasteiger partial charge in [0.25, 0.3) is 0 Å². The van der Waals surface area contributed by atoms with Crippen molar-refractivity contribution in [3.63, 3.8) is 0 Å². The zero-order chi connectivity index (χ0) is 18.7. The molecule has 1 aromatic carbocycles. The van der Waals surface area contributed by atoms with Gasteiger partial charge in [-0.25, -0.2) is 13.1 Å². The van der Waals surface area contributed by atoms with E-state index in [1.807, 2.05) is 0 Å². The summed E-state index contributed by atoms with van der Waals surface area (Å²) in [5.41, 5.74) is -0.113. The fourth-order valence-electron chi connectivity index (χ4n) is 2.33. The number of rotatable bonds is 6. The van der Waals surface area contributed by atoms with Gasteiger partial charge in [-0.1, -0.05) is 18.2 Å². The summed E-state index contributed by atoms with van der Waals surface area (Å²) in [5, 5.41) is 2.69. The topological polar surface area (TPSA) is 95.6 Å². The minimum Gasteiger partial charge on any atom is -0.350 e. The summed E-state index contributed by atoms with van der Waals surface area (Å²) in [4.78, 5) is 25.2. The van der Waals surface area contributed by atoms with E-state index in [9.17, 15) is 18.0 Å². The van der Waals surface area contributed by atoms with E-state index >= 15 is 0 Å². The molecule has 7 nitrogen and oxygen atoms in total. The first-order valence-electron chi connectivity index (χ1n) is 7.82. The first kappa shape index (κ1) is 19.7. The lowest BCUT2D eigenvalue weighted by atomic mass is 10.1. The number of carbonyl (C=O) groups is 2. The van der Waals surface area contributed by atoms with Crippen LogP contribution in [0.2, 0.25) is 0 Å². The Hall–Kier alpha value is -1.58. The van der Waals surface area contributed by atoms with E-state index in [1.54, 1.807) is 39.0 Å². The normalized spacial score (nSPS) is 15.5. The summed E-state index contributed by atoms with van der Waals surface area (Å²) < 4.78 is 27.7. The maximum Gasteiger partial charge on any atom is 0.241 e. The minimum absolute atomic E-state index is 0.0129. The van der Waals surface area contributed by atoms with Crippen molar-refractivity contribution in [3.05, 3.63) is 29.8 Å². The van der Waals surface area contributed by atoms with E-state index in [-0.39, 0.29) is 29.8 Å². The summed E-state index contributed by atoms with van der Waals surface area (Å²) in [5.74, 6) is 0.531. The van der Waals surface area contributed by atoms with Gasteiger partial charge in [-0.15, -0.1) is 11.8 Å². The van der Waals surface area contributed by atoms with Gasteiger partial charge in [-0.2, -0.15) is 0 Å². The average Bonchev–Trinajstić information content (AvgIpc) is 2.88. The van der Waals surface area contributed by atoms with Crippen LogP contribution in [0, 0.1) is 0 Å². The third kappa shape index (κ3) is 5.72. The van der Waals surface area contributed by atoms with E-state index < -0.39 is 15.6 Å². The van der Waals surface area contributed by atoms with E-state index in [0.29, 0.717) is 17.2 Å². The summed E-state index contributed by atoms with van der Waals surface area (Å²) in [6.07, 6.45) is 0. The van der Waals surface area contributed by atoms with Gasteiger partial charge in [0.1, 0.15) is 6.54 Å². The van der Waals surface area contributed by atoms with Crippen molar-refractivity contribution in [2.75, 3.05) is 18.2 Å². The second-order valence-corrected chi connectivity index (χ2v) is 9.42. The van der Waals surface area contributed by atoms with Crippen LogP contribution in [0.15, 0.2) is 29.2 Å². The molecule has 0 spiro atoms. The number of benzene rings is 1. The Morgan fingerprint density at radius 3 is 2.56 bits per heavy atom. The van der Waals surface area contributed by atoms with Crippen LogP contribution in [0.1, 0.15) is 26.3 Å². The fourth-order valence-corrected chi connectivity index (χ4v) is 4.90. The Balaban J connectivity index is 2.05. The minimum atomic E-state index is -3.70. The van der Waals surface area contributed by atoms with Crippen molar-refractivity contribution < 1.29 is 18.0 Å². The molecular weight excluding hydrogens is 362 g/mol. The van der Waals surface area contributed by atoms with Crippen LogP contribution in [0.3, 0.4) is 0 Å². The highest BCUT2D eigenvalue weighted by Gasteiger charge is 2.25. The summed E-state index contributed by atoms with van der Waals surface area (Å²) in [6, 6.07) is 6.53. The van der Waals surface area contributed by atoms with Gasteiger partial charge in [0.15, 0.2) is 0 Å². The second kappa shape index (κ2) is 7.76. The van der Waals surface area contributed by atoms with Crippen LogP contribution < -0.4 is 10.0 Å². The number of nitrogens with one attached hydrogen (secondary N) is 2. The maximum absolute atomic E-state index is 12.6. The Morgan fingerprint density at radius 1 is 1.28 bits per heavy atom. The quantitative estimate of drug-likeness (QED) is 0.759. The van der Waals surface area contributed by atoms with Crippen LogP contribution in [0.4, 0.5) is 0 Å². The highest BCUT2D eigenvalue weighted by molar-refractivity contribution is 8.00. The number of carbonyl (C=O) groups excluding carboxylic acids is 2. The second-order valence-electron chi connectivity index (χ2n) is 6.81. The number of sulfonamides is 1. The molecule has 0 saturated carbocycles. The molecule has 1 aromatic rings. The Labute approximate surface area is 152 Å². The molecule has 0 radical (unpaired) electrons. The van der Waals surface area contributed by atoms with Crippen molar-refractivity contribution >= 4 is 33.6 Å². The summed E-state index contributed by atoms with van der Waals surface area (Å²) >= 11 is 1.47. The van der Waals surface area contributed by atoms with Crippen molar-refractivity contribution in [2.24, 2.45) is 0 Å². The van der Waals surface area contributed by atoms with Crippen LogP contribution >= 0.6 is 11.8 Å². The predicted molar refractivity (Wildman–Crippen MR) is 97.4 cm³/mol. The molecule has 2 N–H and O–H groups in total. The molecule has 1 aliphatic heterocycles. The molecule has 0 unspecified atom stereocenters. The fraction of sp³-hybridized carbons (Fsp3) is 0.500. The molecule has 1 saturated heterocycles. The van der Waals surface area contributed by atoms with Gasteiger partial charge in [0, 0.05) is 12.1 Å². The Kier molecular flexibility index (Phi) is 6.12. The van der Waals surface area contributed by atoms with Crippen LogP contribution in [-0.2, 0) is 26.2 Å². The third-order valence-electron chi connectivity index (χ3n) is 3.34. The zero-order valence-electron chi connectivity index (χ0n) is 14.5. The average molecular weight is 386 g/mol. The van der Waals surface area contributed by atoms with Gasteiger partial charge < -0.3 is 10.2 Å². The van der Waals surface area contributed by atoms with E-state index in [2.05, 4.69) is 10.0 Å². The zero-order valence-corrected chi connectivity index (χ0v) is 16.2. The lowest BCUT2D eigenvalue weighted by molar-refractivity contribution is -0.132. The summed E-state index contributed by atoms with van der Waals surface area (Å²) in [7, 11) is -3.70. The molecule has 2 amide bonds. The van der Waals surface area contributed by atoms with Crippen LogP contribution in [0.5, 0.6) is 0 Å². The van der Waals surface area contributed by atoms with Crippen molar-refractivity contribution in [1.82, 2.24) is 14.9 Å². The summed E-state index contributed by atoms with van der Waals surface area (Å²) in [6.45, 7) is 5.36. The van der Waals surface area contributed by atoms with Gasteiger partial charge in [0.05, 0.1) is 16.5 Å². The molecule has 2 rings (SSSR count). The smallest absolute Gasteiger partial charge is 0.241 e. The van der Waals surface area contributed by atoms with Crippen LogP contribution in [-0.4, -0.2) is 48.8 Å². The first-order chi connectivity index (χ1) is 11.6. The molecule has 0 atom stereocenters. The van der Waals surface area contributed by atoms with Crippen molar-refractivity contribution in [1.29, 1.82) is 0 Å². The lowest BCUT2D eigenvalue weighted by Crippen LogP contribution is -2.41. The molecule has 0 aliphatic carbocycles. The molecule has 1 fully saturated rings. The number of hydrogen-bond donors (Lipinski definition) is 2. The third-order valence-corrected chi connectivity index (χ3v) is 6.14. The van der Waals surface area contributed by atoms with Gasteiger partial charge in [0.2, 0.25) is 21.8 Å². The highest BCUT2D eigenvalue weighted by atomic mass is 32.2. The predicted octanol–water partition coefficient (Wildman–Crippen LogP) is 0.913. The van der Waals surface area contributed by atoms with Gasteiger partial charge in [-0.3, -0.25) is 9.59 Å². The van der Waals surface area contributed by atoms with Crippen LogP contribution in [0.25, 0.3) is 0 Å². The molecule has 138 valence electrons. The number of hydrogen-bond acceptors (Lipinski definition) is 5. The van der Waals surface area contributed by atoms with Gasteiger partial charge >= 0.3 is 0 Å². The SMILES string of the molecule is CC(C)(C)NS(=O)(=O)c1ccccc1CNC(=O)CN1CSCC1=O. The van der Waals surface area contributed by atoms with E-state index in [1.165, 1.54) is 22.7 Å². The Bertz CT molecular complexity index is 757. The molecule has 9 heteroatoms. The molecule has 25 heavy (non-hydrogen) atoms. The maximum atomic E-state index is 12.6. The van der Waals surface area contributed by atoms with E-state index in [0.717, 1.165) is 0 Å². The van der Waals surface area contributed by atoms with E-state index in [4.69, 9.17) is 0 Å². The number of nitrogens with zero attached hydrogens (tertiary/aromatic N) is 1. The molecule has 1 heterocycles. The first-order valence-corrected chi connectivity index (χ1v) is 10.5. The van der Waals surface area contributed by atoms with Crippen molar-refractivity contribution in [2.45, 2.75) is 37.8 Å². The Morgan fingerprint density at radius 2 is 1.96 bits per heavy atom. The number of thioether (sulfide) groups is 1. The lowest BCUT2D eigenvalue weighted by Gasteiger charge is -2.21. The highest BCUT2D eigenvalue weighted by Crippen LogP contribution is 2.18. The molecular formula is C16H23N3O4S2. The van der Waals surface area contributed by atoms with Gasteiger partial charge in [-0.05, 0) is 32.4 Å². The largest absolute Gasteiger partial charge is 0.350 e. The monoisotopic (exact) mass is 385 g/mol.